The Balaban J connectivity index is 2.36. The number of aliphatic hydroxyl groups is 1. The SMILES string of the molecule is CC(CC(N)=O)NCC(O)Cn1cc([N+](=O)[O-])cn1. The number of rotatable bonds is 8. The Labute approximate surface area is 109 Å². The summed E-state index contributed by atoms with van der Waals surface area (Å²) in [6.07, 6.45) is 1.78. The van der Waals surface area contributed by atoms with E-state index < -0.39 is 16.9 Å². The van der Waals surface area contributed by atoms with E-state index in [0.29, 0.717) is 0 Å². The van der Waals surface area contributed by atoms with E-state index in [-0.39, 0.29) is 31.2 Å². The fourth-order valence-electron chi connectivity index (χ4n) is 1.54. The Morgan fingerprint density at radius 2 is 2.42 bits per heavy atom. The van der Waals surface area contributed by atoms with Gasteiger partial charge in [-0.2, -0.15) is 5.10 Å². The first-order chi connectivity index (χ1) is 8.88. The van der Waals surface area contributed by atoms with Gasteiger partial charge in [0, 0.05) is 19.0 Å². The molecule has 19 heavy (non-hydrogen) atoms. The maximum Gasteiger partial charge on any atom is 0.306 e. The highest BCUT2D eigenvalue weighted by Crippen LogP contribution is 2.07. The maximum atomic E-state index is 10.7. The molecule has 0 spiro atoms. The van der Waals surface area contributed by atoms with Crippen LogP contribution in [0.4, 0.5) is 5.69 Å². The second-order valence-electron chi connectivity index (χ2n) is 4.31. The van der Waals surface area contributed by atoms with Gasteiger partial charge in [-0.3, -0.25) is 19.6 Å². The van der Waals surface area contributed by atoms with Crippen molar-refractivity contribution in [1.29, 1.82) is 0 Å². The summed E-state index contributed by atoms with van der Waals surface area (Å²) in [5.41, 5.74) is 4.91. The number of nitrogens with zero attached hydrogens (tertiary/aromatic N) is 3. The van der Waals surface area contributed by atoms with Crippen LogP contribution in [0.15, 0.2) is 12.4 Å². The molecule has 0 saturated heterocycles. The molecule has 9 heteroatoms. The highest BCUT2D eigenvalue weighted by Gasteiger charge is 2.13. The third-order valence-electron chi connectivity index (χ3n) is 2.44. The smallest absolute Gasteiger partial charge is 0.306 e. The van der Waals surface area contributed by atoms with Crippen LogP contribution in [-0.4, -0.2) is 44.4 Å². The molecular weight excluding hydrogens is 254 g/mol. The van der Waals surface area contributed by atoms with Crippen LogP contribution in [0.1, 0.15) is 13.3 Å². The quantitative estimate of drug-likeness (QED) is 0.410. The number of primary amides is 1. The normalized spacial score (nSPS) is 14.0. The van der Waals surface area contributed by atoms with E-state index in [1.807, 2.05) is 0 Å². The number of hydrogen-bond donors (Lipinski definition) is 3. The molecule has 1 aromatic rings. The summed E-state index contributed by atoms with van der Waals surface area (Å²) in [6, 6.07) is -0.140. The van der Waals surface area contributed by atoms with E-state index >= 15 is 0 Å². The van der Waals surface area contributed by atoms with Gasteiger partial charge in [0.15, 0.2) is 0 Å². The molecule has 0 bridgehead atoms. The van der Waals surface area contributed by atoms with Gasteiger partial charge in [0.05, 0.1) is 17.6 Å². The third-order valence-corrected chi connectivity index (χ3v) is 2.44. The average Bonchev–Trinajstić information content (AvgIpc) is 2.74. The summed E-state index contributed by atoms with van der Waals surface area (Å²) >= 11 is 0. The number of nitrogens with one attached hydrogen (secondary N) is 1. The lowest BCUT2D eigenvalue weighted by Crippen LogP contribution is -2.37. The number of carbonyl (C=O) groups is 1. The van der Waals surface area contributed by atoms with Gasteiger partial charge in [-0.05, 0) is 6.92 Å². The Morgan fingerprint density at radius 1 is 1.74 bits per heavy atom. The fraction of sp³-hybridized carbons (Fsp3) is 0.600. The number of nitrogens with two attached hydrogens (primary N) is 1. The summed E-state index contributed by atoms with van der Waals surface area (Å²) < 4.78 is 1.29. The molecule has 0 aliphatic carbocycles. The highest BCUT2D eigenvalue weighted by atomic mass is 16.6. The molecule has 4 N–H and O–H groups in total. The zero-order valence-electron chi connectivity index (χ0n) is 10.5. The van der Waals surface area contributed by atoms with Crippen molar-refractivity contribution in [2.45, 2.75) is 32.0 Å². The van der Waals surface area contributed by atoms with Crippen molar-refractivity contribution in [3.8, 4) is 0 Å². The third kappa shape index (κ3) is 5.44. The lowest BCUT2D eigenvalue weighted by molar-refractivity contribution is -0.385. The average molecular weight is 271 g/mol. The molecule has 1 amide bonds. The molecule has 0 aliphatic heterocycles. The number of amides is 1. The van der Waals surface area contributed by atoms with E-state index in [1.165, 1.54) is 10.9 Å². The van der Waals surface area contributed by atoms with E-state index in [2.05, 4.69) is 10.4 Å². The van der Waals surface area contributed by atoms with Crippen LogP contribution in [-0.2, 0) is 11.3 Å². The van der Waals surface area contributed by atoms with Gasteiger partial charge in [0.1, 0.15) is 12.4 Å². The Bertz CT molecular complexity index is 447. The zero-order valence-corrected chi connectivity index (χ0v) is 10.5. The van der Waals surface area contributed by atoms with Gasteiger partial charge in [-0.15, -0.1) is 0 Å². The molecule has 0 aliphatic rings. The van der Waals surface area contributed by atoms with E-state index in [4.69, 9.17) is 5.73 Å². The molecule has 0 saturated carbocycles. The van der Waals surface area contributed by atoms with Crippen LogP contribution in [0.3, 0.4) is 0 Å². The van der Waals surface area contributed by atoms with Crippen molar-refractivity contribution in [2.24, 2.45) is 5.73 Å². The van der Waals surface area contributed by atoms with Crippen LogP contribution in [0.2, 0.25) is 0 Å². The molecule has 2 atom stereocenters. The number of aromatic nitrogens is 2. The molecule has 0 fully saturated rings. The van der Waals surface area contributed by atoms with Crippen molar-refractivity contribution >= 4 is 11.6 Å². The van der Waals surface area contributed by atoms with E-state index in [9.17, 15) is 20.0 Å². The fourth-order valence-corrected chi connectivity index (χ4v) is 1.54. The summed E-state index contributed by atoms with van der Waals surface area (Å²) in [6.45, 7) is 2.14. The molecule has 1 heterocycles. The van der Waals surface area contributed by atoms with Gasteiger partial charge in [0.25, 0.3) is 0 Å². The first kappa shape index (κ1) is 15.1. The van der Waals surface area contributed by atoms with Crippen LogP contribution in [0, 0.1) is 10.1 Å². The number of aliphatic hydroxyl groups excluding tert-OH is 1. The van der Waals surface area contributed by atoms with Crippen molar-refractivity contribution in [2.75, 3.05) is 6.54 Å². The first-order valence-electron chi connectivity index (χ1n) is 5.75. The second kappa shape index (κ2) is 6.81. The monoisotopic (exact) mass is 271 g/mol. The summed E-state index contributed by atoms with van der Waals surface area (Å²) in [5.74, 6) is -0.419. The van der Waals surface area contributed by atoms with Crippen LogP contribution in [0.5, 0.6) is 0 Å². The predicted octanol–water partition coefficient (Wildman–Crippen LogP) is -0.994. The van der Waals surface area contributed by atoms with Crippen molar-refractivity contribution < 1.29 is 14.8 Å². The molecule has 0 radical (unpaired) electrons. The summed E-state index contributed by atoms with van der Waals surface area (Å²) in [5, 5.41) is 26.9. The van der Waals surface area contributed by atoms with Gasteiger partial charge < -0.3 is 16.2 Å². The summed E-state index contributed by atoms with van der Waals surface area (Å²) in [4.78, 5) is 20.6. The minimum absolute atomic E-state index is 0.123. The van der Waals surface area contributed by atoms with Crippen LogP contribution in [0.25, 0.3) is 0 Å². The molecule has 1 rings (SSSR count). The maximum absolute atomic E-state index is 10.7. The highest BCUT2D eigenvalue weighted by molar-refractivity contribution is 5.74. The lowest BCUT2D eigenvalue weighted by atomic mass is 10.2. The van der Waals surface area contributed by atoms with E-state index in [1.54, 1.807) is 6.92 Å². The Kier molecular flexibility index (Phi) is 5.39. The largest absolute Gasteiger partial charge is 0.390 e. The van der Waals surface area contributed by atoms with Crippen molar-refractivity contribution in [3.63, 3.8) is 0 Å². The van der Waals surface area contributed by atoms with Gasteiger partial charge >= 0.3 is 5.69 Å². The molecule has 106 valence electrons. The van der Waals surface area contributed by atoms with Gasteiger partial charge in [0.2, 0.25) is 5.91 Å². The van der Waals surface area contributed by atoms with E-state index in [0.717, 1.165) is 6.20 Å². The van der Waals surface area contributed by atoms with Crippen molar-refractivity contribution in [1.82, 2.24) is 15.1 Å². The number of carbonyl (C=O) groups excluding carboxylic acids is 1. The zero-order chi connectivity index (χ0) is 14.4. The molecule has 0 aromatic carbocycles. The van der Waals surface area contributed by atoms with Crippen LogP contribution >= 0.6 is 0 Å². The standard InChI is InChI=1S/C10H17N5O4/c1-7(2-10(11)17)12-4-9(16)6-14-5-8(3-13-14)15(18)19/h3,5,7,9,12,16H,2,4,6H2,1H3,(H2,11,17). The Morgan fingerprint density at radius 3 is 2.95 bits per heavy atom. The topological polar surface area (TPSA) is 136 Å². The van der Waals surface area contributed by atoms with Gasteiger partial charge in [-0.1, -0.05) is 0 Å². The summed E-state index contributed by atoms with van der Waals surface area (Å²) in [7, 11) is 0. The van der Waals surface area contributed by atoms with Crippen LogP contribution < -0.4 is 11.1 Å². The minimum Gasteiger partial charge on any atom is -0.390 e. The van der Waals surface area contributed by atoms with Crippen molar-refractivity contribution in [3.05, 3.63) is 22.5 Å². The van der Waals surface area contributed by atoms with Gasteiger partial charge in [-0.25, -0.2) is 0 Å². The number of hydrogen-bond acceptors (Lipinski definition) is 6. The first-order valence-corrected chi connectivity index (χ1v) is 5.75. The number of nitro groups is 1. The lowest BCUT2D eigenvalue weighted by Gasteiger charge is -2.15. The molecular formula is C10H17N5O4. The predicted molar refractivity (Wildman–Crippen MR) is 66.2 cm³/mol. The second-order valence-corrected chi connectivity index (χ2v) is 4.31. The molecule has 9 nitrogen and oxygen atoms in total. The molecule has 1 aromatic heterocycles. The minimum atomic E-state index is -0.769. The molecule has 2 unspecified atom stereocenters. The Hall–Kier alpha value is -2.00.